The highest BCUT2D eigenvalue weighted by molar-refractivity contribution is 6.02. The summed E-state index contributed by atoms with van der Waals surface area (Å²) in [5.41, 5.74) is 1.16. The topological polar surface area (TPSA) is 62.6 Å². The average molecular weight is 540 g/mol. The van der Waals surface area contributed by atoms with Crippen LogP contribution in [0.4, 0.5) is 33.7 Å². The molecule has 0 spiro atoms. The number of carbonyl (C=O) groups is 1. The first-order valence-electron chi connectivity index (χ1n) is 12.5. The summed E-state index contributed by atoms with van der Waals surface area (Å²) in [6.45, 7) is 5.53. The molecular weight excluding hydrogens is 510 g/mol. The van der Waals surface area contributed by atoms with Gasteiger partial charge in [-0.3, -0.25) is 9.80 Å². The molecule has 1 N–H and O–H groups in total. The maximum atomic E-state index is 13.8. The number of halogens is 4. The van der Waals surface area contributed by atoms with Gasteiger partial charge in [-0.05, 0) is 67.6 Å². The van der Waals surface area contributed by atoms with Gasteiger partial charge >= 0.3 is 12.2 Å². The zero-order valence-electron chi connectivity index (χ0n) is 21.7. The van der Waals surface area contributed by atoms with E-state index in [1.165, 1.54) is 4.90 Å². The fourth-order valence-electron chi connectivity index (χ4n) is 4.53. The quantitative estimate of drug-likeness (QED) is 0.387. The third-order valence-electron chi connectivity index (χ3n) is 6.96. The molecule has 3 aromatic rings. The zero-order chi connectivity index (χ0) is 28.2. The molecule has 1 aliphatic heterocycles. The van der Waals surface area contributed by atoms with Crippen LogP contribution < -0.4 is 10.2 Å². The lowest BCUT2D eigenvalue weighted by Gasteiger charge is -2.38. The molecule has 0 aliphatic carbocycles. The van der Waals surface area contributed by atoms with Crippen LogP contribution in [0.15, 0.2) is 66.7 Å². The van der Waals surface area contributed by atoms with Gasteiger partial charge in [0.05, 0.1) is 17.2 Å². The van der Waals surface area contributed by atoms with E-state index in [1.807, 2.05) is 18.2 Å². The summed E-state index contributed by atoms with van der Waals surface area (Å²) >= 11 is 0. The van der Waals surface area contributed by atoms with Crippen molar-refractivity contribution < 1.29 is 22.4 Å². The molecule has 4 rings (SSSR count). The molecule has 0 unspecified atom stereocenters. The molecular formula is C29H29F4N5O. The molecule has 39 heavy (non-hydrogen) atoms. The van der Waals surface area contributed by atoms with E-state index in [1.54, 1.807) is 30.3 Å². The number of nitrogens with one attached hydrogen (secondary N) is 1. The number of benzene rings is 3. The lowest BCUT2D eigenvalue weighted by Crippen LogP contribution is -2.52. The number of nitriles is 1. The fourth-order valence-corrected chi connectivity index (χ4v) is 4.53. The van der Waals surface area contributed by atoms with Crippen LogP contribution in [-0.4, -0.2) is 61.6 Å². The number of carbonyl (C=O) groups excluding carboxylic acids is 1. The smallest absolute Gasteiger partial charge is 0.308 e. The van der Waals surface area contributed by atoms with Crippen LogP contribution in [0.2, 0.25) is 0 Å². The van der Waals surface area contributed by atoms with Crippen molar-refractivity contribution in [2.45, 2.75) is 19.1 Å². The second-order valence-corrected chi connectivity index (χ2v) is 9.64. The predicted octanol–water partition coefficient (Wildman–Crippen LogP) is 6.06. The zero-order valence-corrected chi connectivity index (χ0v) is 21.7. The van der Waals surface area contributed by atoms with Gasteiger partial charge in [-0.15, -0.1) is 0 Å². The van der Waals surface area contributed by atoms with E-state index < -0.39 is 23.6 Å². The van der Waals surface area contributed by atoms with Crippen LogP contribution in [0, 0.1) is 17.1 Å². The van der Waals surface area contributed by atoms with E-state index in [4.69, 9.17) is 0 Å². The minimum absolute atomic E-state index is 0.156. The van der Waals surface area contributed by atoms with Crippen molar-refractivity contribution in [3.8, 4) is 17.2 Å². The first-order valence-corrected chi connectivity index (χ1v) is 12.5. The summed E-state index contributed by atoms with van der Waals surface area (Å²) in [6.07, 6.45) is -4.89. The Hall–Kier alpha value is -3.94. The maximum absolute atomic E-state index is 13.8. The number of piperazine rings is 1. The van der Waals surface area contributed by atoms with Crippen LogP contribution >= 0.6 is 0 Å². The Balaban J connectivity index is 1.57. The van der Waals surface area contributed by atoms with Crippen LogP contribution in [0.1, 0.15) is 18.1 Å². The molecule has 0 radical (unpaired) electrons. The highest BCUT2D eigenvalue weighted by Crippen LogP contribution is 2.33. The Morgan fingerprint density at radius 3 is 2.49 bits per heavy atom. The monoisotopic (exact) mass is 539 g/mol. The van der Waals surface area contributed by atoms with E-state index in [0.29, 0.717) is 42.5 Å². The van der Waals surface area contributed by atoms with Crippen molar-refractivity contribution >= 4 is 17.4 Å². The Morgan fingerprint density at radius 1 is 1.08 bits per heavy atom. The van der Waals surface area contributed by atoms with Gasteiger partial charge in [0, 0.05) is 50.1 Å². The van der Waals surface area contributed by atoms with Crippen LogP contribution in [0.3, 0.4) is 0 Å². The number of anilines is 2. The molecule has 0 aromatic heterocycles. The minimum Gasteiger partial charge on any atom is -0.308 e. The molecule has 0 bridgehead atoms. The van der Waals surface area contributed by atoms with Gasteiger partial charge in [0.25, 0.3) is 0 Å². The second-order valence-electron chi connectivity index (χ2n) is 9.64. The Morgan fingerprint density at radius 2 is 1.82 bits per heavy atom. The first kappa shape index (κ1) is 28.1. The van der Waals surface area contributed by atoms with E-state index >= 15 is 0 Å². The normalized spacial score (nSPS) is 16.5. The number of hydrogen-bond acceptors (Lipinski definition) is 4. The van der Waals surface area contributed by atoms with Crippen molar-refractivity contribution in [3.05, 3.63) is 83.7 Å². The standard InChI is InChI=1S/C29H29F4N5O/c1-20-19-37(13-12-36(20)2)14-15-38(28(39)35-24-8-11-27(30)26(17-24)29(31,32)33)25-9-6-22(7-10-25)23-5-3-4-21(16-23)18-34/h3-11,16-17,20H,12-15,19H2,1-2H3,(H,35,39)/t20-/m1/s1. The number of rotatable bonds is 6. The number of urea groups is 1. The number of hydrogen-bond donors (Lipinski definition) is 1. The summed E-state index contributed by atoms with van der Waals surface area (Å²) < 4.78 is 53.4. The number of amides is 2. The summed E-state index contributed by atoms with van der Waals surface area (Å²) in [7, 11) is 2.06. The van der Waals surface area contributed by atoms with Crippen molar-refractivity contribution in [2.24, 2.45) is 0 Å². The largest absolute Gasteiger partial charge is 0.419 e. The predicted molar refractivity (Wildman–Crippen MR) is 143 cm³/mol. The van der Waals surface area contributed by atoms with E-state index in [-0.39, 0.29) is 5.69 Å². The molecule has 204 valence electrons. The van der Waals surface area contributed by atoms with E-state index in [2.05, 4.69) is 35.2 Å². The van der Waals surface area contributed by atoms with Gasteiger partial charge in [-0.1, -0.05) is 24.3 Å². The van der Waals surface area contributed by atoms with E-state index in [9.17, 15) is 27.6 Å². The first-order chi connectivity index (χ1) is 18.5. The summed E-state index contributed by atoms with van der Waals surface area (Å²) in [4.78, 5) is 19.3. The van der Waals surface area contributed by atoms with Crippen molar-refractivity contribution in [1.82, 2.24) is 9.80 Å². The maximum Gasteiger partial charge on any atom is 0.419 e. The summed E-state index contributed by atoms with van der Waals surface area (Å²) in [5.74, 6) is -1.41. The van der Waals surface area contributed by atoms with Crippen LogP contribution in [0.5, 0.6) is 0 Å². The summed E-state index contributed by atoms with van der Waals surface area (Å²) in [5, 5.41) is 11.7. The molecule has 2 amide bonds. The van der Waals surface area contributed by atoms with Crippen LogP contribution in [0.25, 0.3) is 11.1 Å². The number of likely N-dealkylation sites (N-methyl/N-ethyl adjacent to an activating group) is 1. The van der Waals surface area contributed by atoms with Crippen molar-refractivity contribution in [3.63, 3.8) is 0 Å². The minimum atomic E-state index is -4.89. The van der Waals surface area contributed by atoms with E-state index in [0.717, 1.165) is 36.8 Å². The average Bonchev–Trinajstić information content (AvgIpc) is 2.91. The molecule has 6 nitrogen and oxygen atoms in total. The van der Waals surface area contributed by atoms with Crippen molar-refractivity contribution in [1.29, 1.82) is 5.26 Å². The third kappa shape index (κ3) is 6.93. The van der Waals surface area contributed by atoms with Gasteiger partial charge in [0.1, 0.15) is 5.82 Å². The lowest BCUT2D eigenvalue weighted by molar-refractivity contribution is -0.139. The van der Waals surface area contributed by atoms with Gasteiger partial charge in [-0.2, -0.15) is 18.4 Å². The highest BCUT2D eigenvalue weighted by atomic mass is 19.4. The molecule has 1 heterocycles. The molecule has 3 aromatic carbocycles. The molecule has 1 fully saturated rings. The van der Waals surface area contributed by atoms with Crippen LogP contribution in [-0.2, 0) is 6.18 Å². The molecule has 0 saturated carbocycles. The second kappa shape index (κ2) is 11.8. The third-order valence-corrected chi connectivity index (χ3v) is 6.96. The Kier molecular flexibility index (Phi) is 8.53. The Labute approximate surface area is 225 Å². The fraction of sp³-hybridized carbons (Fsp3) is 0.310. The molecule has 1 atom stereocenters. The molecule has 1 saturated heterocycles. The number of alkyl halides is 3. The molecule has 10 heteroatoms. The van der Waals surface area contributed by atoms with Gasteiger partial charge in [0.2, 0.25) is 0 Å². The van der Waals surface area contributed by atoms with Gasteiger partial charge in [0.15, 0.2) is 0 Å². The number of nitrogens with zero attached hydrogens (tertiary/aromatic N) is 4. The highest BCUT2D eigenvalue weighted by Gasteiger charge is 2.34. The van der Waals surface area contributed by atoms with Gasteiger partial charge < -0.3 is 10.2 Å². The van der Waals surface area contributed by atoms with Gasteiger partial charge in [-0.25, -0.2) is 9.18 Å². The summed E-state index contributed by atoms with van der Waals surface area (Å²) in [6, 6.07) is 18.5. The SMILES string of the molecule is C[C@@H]1CN(CCN(C(=O)Nc2ccc(F)c(C(F)(F)F)c2)c2ccc(-c3cccc(C#N)c3)cc2)CCN1C. The Bertz CT molecular complexity index is 1350. The molecule has 1 aliphatic rings. The lowest BCUT2D eigenvalue weighted by atomic mass is 10.0. The van der Waals surface area contributed by atoms with Crippen molar-refractivity contribution in [2.75, 3.05) is 50.0 Å².